The standard InChI is InChI=1S/C19H18N2O7/c22-13(28-9-10-4-2-1-3-5-10)7-11-6-12-8-20(19(26)27)16-14(12)21(17(16)23)15(11)18(24)25/h1-5,12,14,16H,6-9H2,(H,24,25)(H,26,27)/t12-,14-,16+/m1/s1. The second-order valence-electron chi connectivity index (χ2n) is 7.12. The van der Waals surface area contributed by atoms with Gasteiger partial charge >= 0.3 is 18.0 Å². The SMILES string of the molecule is O=C(CC1=C(C(=O)O)N2C(=O)[C@@H]3[C@H]2[C@H](C1)CN3C(=O)O)OCc1ccccc1. The molecule has 3 heterocycles. The molecular formula is C19H18N2O7. The van der Waals surface area contributed by atoms with Crippen molar-refractivity contribution in [1.29, 1.82) is 0 Å². The fourth-order valence-electron chi connectivity index (χ4n) is 4.35. The van der Waals surface area contributed by atoms with E-state index in [9.17, 15) is 29.4 Å². The predicted molar refractivity (Wildman–Crippen MR) is 92.8 cm³/mol. The number of carbonyl (C=O) groups is 4. The summed E-state index contributed by atoms with van der Waals surface area (Å²) in [6, 6.07) is 7.77. The number of rotatable bonds is 5. The normalized spacial score (nSPS) is 25.3. The molecule has 0 unspecified atom stereocenters. The van der Waals surface area contributed by atoms with Gasteiger partial charge in [-0.25, -0.2) is 9.59 Å². The molecule has 4 rings (SSSR count). The maximum absolute atomic E-state index is 12.4. The van der Waals surface area contributed by atoms with Crippen molar-refractivity contribution in [3.8, 4) is 0 Å². The van der Waals surface area contributed by atoms with Crippen molar-refractivity contribution in [3.05, 3.63) is 47.2 Å². The van der Waals surface area contributed by atoms with Crippen LogP contribution in [0, 0.1) is 5.92 Å². The number of hydrogen-bond acceptors (Lipinski definition) is 5. The van der Waals surface area contributed by atoms with Crippen LogP contribution in [0.1, 0.15) is 18.4 Å². The number of carboxylic acid groups (broad SMARTS) is 2. The maximum atomic E-state index is 12.4. The monoisotopic (exact) mass is 386 g/mol. The topological polar surface area (TPSA) is 124 Å². The number of esters is 1. The molecule has 2 fully saturated rings. The molecule has 3 aliphatic rings. The largest absolute Gasteiger partial charge is 0.477 e. The number of β-lactam (4-membered cyclic amide) rings is 1. The van der Waals surface area contributed by atoms with Crippen molar-refractivity contribution in [2.75, 3.05) is 6.54 Å². The lowest BCUT2D eigenvalue weighted by atomic mass is 9.78. The molecule has 0 aromatic heterocycles. The Morgan fingerprint density at radius 3 is 2.50 bits per heavy atom. The third-order valence-electron chi connectivity index (χ3n) is 5.50. The Balaban J connectivity index is 1.52. The molecule has 3 atom stereocenters. The Bertz CT molecular complexity index is 895. The Kier molecular flexibility index (Phi) is 4.29. The maximum Gasteiger partial charge on any atom is 0.408 e. The number of carbonyl (C=O) groups excluding carboxylic acids is 2. The van der Waals surface area contributed by atoms with Crippen molar-refractivity contribution in [2.45, 2.75) is 31.5 Å². The van der Waals surface area contributed by atoms with Crippen molar-refractivity contribution >= 4 is 23.9 Å². The highest BCUT2D eigenvalue weighted by Crippen LogP contribution is 2.47. The van der Waals surface area contributed by atoms with Crippen LogP contribution in [0.5, 0.6) is 0 Å². The quantitative estimate of drug-likeness (QED) is 0.572. The van der Waals surface area contributed by atoms with Crippen LogP contribution in [0.3, 0.4) is 0 Å². The van der Waals surface area contributed by atoms with Crippen LogP contribution >= 0.6 is 0 Å². The van der Waals surface area contributed by atoms with Gasteiger partial charge in [-0.15, -0.1) is 0 Å². The second-order valence-corrected chi connectivity index (χ2v) is 7.12. The number of amides is 2. The van der Waals surface area contributed by atoms with Crippen molar-refractivity contribution in [1.82, 2.24) is 9.80 Å². The minimum atomic E-state index is -1.30. The molecule has 1 aromatic carbocycles. The van der Waals surface area contributed by atoms with Crippen molar-refractivity contribution < 1.29 is 34.1 Å². The molecular weight excluding hydrogens is 368 g/mol. The lowest BCUT2D eigenvalue weighted by Crippen LogP contribution is -2.69. The number of ether oxygens (including phenoxy) is 1. The van der Waals surface area contributed by atoms with Crippen molar-refractivity contribution in [2.24, 2.45) is 5.92 Å². The Labute approximate surface area is 159 Å². The number of nitrogens with zero attached hydrogens (tertiary/aromatic N) is 2. The fourth-order valence-corrected chi connectivity index (χ4v) is 4.35. The van der Waals surface area contributed by atoms with Crippen LogP contribution in [0.15, 0.2) is 41.6 Å². The minimum Gasteiger partial charge on any atom is -0.477 e. The summed E-state index contributed by atoms with van der Waals surface area (Å²) in [5, 5.41) is 18.9. The molecule has 0 radical (unpaired) electrons. The lowest BCUT2D eigenvalue weighted by Gasteiger charge is -2.49. The summed E-state index contributed by atoms with van der Waals surface area (Å²) < 4.78 is 5.23. The van der Waals surface area contributed by atoms with E-state index < -0.39 is 36.0 Å². The summed E-state index contributed by atoms with van der Waals surface area (Å²) >= 11 is 0. The number of hydrogen-bond donors (Lipinski definition) is 2. The molecule has 3 aliphatic heterocycles. The van der Waals surface area contributed by atoms with Crippen LogP contribution in [0.2, 0.25) is 0 Å². The Morgan fingerprint density at radius 2 is 1.86 bits per heavy atom. The predicted octanol–water partition coefficient (Wildman–Crippen LogP) is 1.05. The molecule has 0 spiro atoms. The summed E-state index contributed by atoms with van der Waals surface area (Å²) in [6.07, 6.45) is -1.20. The Hall–Kier alpha value is -3.36. The third kappa shape index (κ3) is 2.79. The molecule has 0 bridgehead atoms. The first-order valence-corrected chi connectivity index (χ1v) is 8.86. The van der Waals surface area contributed by atoms with Gasteiger partial charge in [0.15, 0.2) is 0 Å². The van der Waals surface area contributed by atoms with Crippen LogP contribution in [-0.2, 0) is 25.7 Å². The third-order valence-corrected chi connectivity index (χ3v) is 5.50. The van der Waals surface area contributed by atoms with Crippen LogP contribution in [0.4, 0.5) is 4.79 Å². The number of carboxylic acids is 1. The fraction of sp³-hybridized carbons (Fsp3) is 0.368. The lowest BCUT2D eigenvalue weighted by molar-refractivity contribution is -0.156. The first kappa shape index (κ1) is 18.0. The van der Waals surface area contributed by atoms with E-state index in [4.69, 9.17) is 4.74 Å². The zero-order valence-corrected chi connectivity index (χ0v) is 14.8. The summed E-state index contributed by atoms with van der Waals surface area (Å²) in [6.45, 7) is 0.210. The van der Waals surface area contributed by atoms with E-state index in [1.165, 1.54) is 0 Å². The molecule has 2 saturated heterocycles. The minimum absolute atomic E-state index is 0.0684. The zero-order valence-electron chi connectivity index (χ0n) is 14.8. The van der Waals surface area contributed by atoms with E-state index in [0.717, 1.165) is 15.4 Å². The highest BCUT2D eigenvalue weighted by Gasteiger charge is 2.64. The summed E-state index contributed by atoms with van der Waals surface area (Å²) in [4.78, 5) is 50.0. The summed E-state index contributed by atoms with van der Waals surface area (Å²) in [5.74, 6) is -2.67. The van der Waals surface area contributed by atoms with E-state index in [-0.39, 0.29) is 37.6 Å². The zero-order chi connectivity index (χ0) is 20.0. The Morgan fingerprint density at radius 1 is 1.14 bits per heavy atom. The van der Waals surface area contributed by atoms with Gasteiger partial charge in [0.05, 0.1) is 12.5 Å². The first-order valence-electron chi connectivity index (χ1n) is 8.86. The van der Waals surface area contributed by atoms with E-state index >= 15 is 0 Å². The highest BCUT2D eigenvalue weighted by molar-refractivity contribution is 6.02. The molecule has 0 aliphatic carbocycles. The molecule has 2 N–H and O–H groups in total. The molecule has 9 nitrogen and oxygen atoms in total. The van der Waals surface area contributed by atoms with Gasteiger partial charge in [0.2, 0.25) is 0 Å². The summed E-state index contributed by atoms with van der Waals surface area (Å²) in [5.41, 5.74) is 0.887. The number of likely N-dealkylation sites (tertiary alicyclic amines) is 1. The number of aliphatic carboxylic acids is 1. The van der Waals surface area contributed by atoms with Gasteiger partial charge in [-0.1, -0.05) is 30.3 Å². The van der Waals surface area contributed by atoms with E-state index in [1.54, 1.807) is 12.1 Å². The van der Waals surface area contributed by atoms with E-state index in [1.807, 2.05) is 18.2 Å². The van der Waals surface area contributed by atoms with E-state index in [2.05, 4.69) is 0 Å². The van der Waals surface area contributed by atoms with Gasteiger partial charge in [-0.3, -0.25) is 19.4 Å². The molecule has 146 valence electrons. The average molecular weight is 386 g/mol. The smallest absolute Gasteiger partial charge is 0.408 e. The van der Waals surface area contributed by atoms with Crippen molar-refractivity contribution in [3.63, 3.8) is 0 Å². The first-order chi connectivity index (χ1) is 13.4. The highest BCUT2D eigenvalue weighted by atomic mass is 16.5. The van der Waals surface area contributed by atoms with Gasteiger partial charge in [0, 0.05) is 12.5 Å². The van der Waals surface area contributed by atoms with E-state index in [0.29, 0.717) is 5.57 Å². The molecule has 28 heavy (non-hydrogen) atoms. The average Bonchev–Trinajstić information content (AvgIpc) is 3.03. The second kappa shape index (κ2) is 6.66. The molecule has 9 heteroatoms. The van der Waals surface area contributed by atoms with Gasteiger partial charge < -0.3 is 14.9 Å². The van der Waals surface area contributed by atoms with Gasteiger partial charge in [0.1, 0.15) is 18.3 Å². The van der Waals surface area contributed by atoms with Gasteiger partial charge in [-0.05, 0) is 17.6 Å². The molecule has 0 saturated carbocycles. The van der Waals surface area contributed by atoms with Crippen LogP contribution in [-0.4, -0.2) is 62.6 Å². The van der Waals surface area contributed by atoms with Crippen LogP contribution < -0.4 is 0 Å². The van der Waals surface area contributed by atoms with Gasteiger partial charge in [0.25, 0.3) is 5.91 Å². The summed E-state index contributed by atoms with van der Waals surface area (Å²) in [7, 11) is 0. The van der Waals surface area contributed by atoms with Crippen LogP contribution in [0.25, 0.3) is 0 Å². The van der Waals surface area contributed by atoms with Gasteiger partial charge in [-0.2, -0.15) is 0 Å². The molecule has 1 aromatic rings. The number of benzene rings is 1. The molecule has 2 amide bonds.